The lowest BCUT2D eigenvalue weighted by Crippen LogP contribution is -2.49. The molecule has 1 aliphatic heterocycles. The van der Waals surface area contributed by atoms with Crippen molar-refractivity contribution in [2.75, 3.05) is 30.3 Å². The monoisotopic (exact) mass is 410 g/mol. The first-order chi connectivity index (χ1) is 14.5. The van der Waals surface area contributed by atoms with E-state index < -0.39 is 0 Å². The first kappa shape index (κ1) is 21.8. The topological polar surface area (TPSA) is 83.6 Å². The Morgan fingerprint density at radius 2 is 1.97 bits per heavy atom. The van der Waals surface area contributed by atoms with Crippen LogP contribution in [-0.2, 0) is 9.59 Å². The van der Waals surface area contributed by atoms with Crippen molar-refractivity contribution in [3.05, 3.63) is 48.2 Å². The molecule has 30 heavy (non-hydrogen) atoms. The van der Waals surface area contributed by atoms with E-state index in [1.54, 1.807) is 12.3 Å². The molecule has 1 aliphatic rings. The summed E-state index contributed by atoms with van der Waals surface area (Å²) in [6.07, 6.45) is 3.41. The Labute approximate surface area is 177 Å². The Hall–Kier alpha value is -2.93. The summed E-state index contributed by atoms with van der Waals surface area (Å²) in [4.78, 5) is 31.7. The number of hydrogen-bond acceptors (Lipinski definition) is 5. The van der Waals surface area contributed by atoms with Crippen LogP contribution in [0.3, 0.4) is 0 Å². The zero-order valence-electron chi connectivity index (χ0n) is 17.9. The molecule has 2 amide bonds. The van der Waals surface area contributed by atoms with Crippen molar-refractivity contribution in [3.8, 4) is 5.75 Å². The van der Waals surface area contributed by atoms with Crippen molar-refractivity contribution in [3.63, 3.8) is 0 Å². The highest BCUT2D eigenvalue weighted by atomic mass is 16.5. The quantitative estimate of drug-likeness (QED) is 0.730. The lowest BCUT2D eigenvalue weighted by Gasteiger charge is -2.35. The van der Waals surface area contributed by atoms with Crippen LogP contribution in [0.2, 0.25) is 0 Å². The number of likely N-dealkylation sites (tertiary alicyclic amines) is 1. The fourth-order valence-electron chi connectivity index (χ4n) is 3.56. The van der Waals surface area contributed by atoms with Gasteiger partial charge in [0.05, 0.1) is 18.6 Å². The number of benzene rings is 1. The van der Waals surface area contributed by atoms with Crippen molar-refractivity contribution in [2.45, 2.75) is 39.7 Å². The van der Waals surface area contributed by atoms with Crippen molar-refractivity contribution in [1.29, 1.82) is 0 Å². The van der Waals surface area contributed by atoms with E-state index in [9.17, 15) is 9.59 Å². The molecular formula is C23H30N4O3. The Morgan fingerprint density at radius 1 is 1.20 bits per heavy atom. The molecule has 160 valence electrons. The van der Waals surface area contributed by atoms with E-state index in [1.807, 2.05) is 51.1 Å². The third kappa shape index (κ3) is 5.79. The van der Waals surface area contributed by atoms with Gasteiger partial charge in [0, 0.05) is 18.4 Å². The molecule has 0 saturated carbocycles. The number of carbonyl (C=O) groups excluding carboxylic acids is 2. The minimum Gasteiger partial charge on any atom is -0.494 e. The largest absolute Gasteiger partial charge is 0.494 e. The minimum atomic E-state index is -0.329. The van der Waals surface area contributed by atoms with Crippen LogP contribution in [0.4, 0.5) is 11.5 Å². The number of ether oxygens (including phenoxy) is 1. The van der Waals surface area contributed by atoms with E-state index in [4.69, 9.17) is 4.74 Å². The van der Waals surface area contributed by atoms with E-state index in [-0.39, 0.29) is 23.8 Å². The fraction of sp³-hybridized carbons (Fsp3) is 0.435. The van der Waals surface area contributed by atoms with Gasteiger partial charge in [-0.1, -0.05) is 6.07 Å². The number of piperidine rings is 1. The van der Waals surface area contributed by atoms with Crippen molar-refractivity contribution >= 4 is 23.3 Å². The second-order valence-electron chi connectivity index (χ2n) is 7.67. The second-order valence-corrected chi connectivity index (χ2v) is 7.67. The van der Waals surface area contributed by atoms with E-state index in [0.717, 1.165) is 36.4 Å². The number of aryl methyl sites for hydroxylation is 1. The number of pyridine rings is 1. The molecule has 2 heterocycles. The first-order valence-corrected chi connectivity index (χ1v) is 10.5. The number of nitrogens with one attached hydrogen (secondary N) is 2. The highest BCUT2D eigenvalue weighted by Gasteiger charge is 2.31. The normalized spacial score (nSPS) is 17.8. The molecule has 1 aromatic carbocycles. The molecule has 2 aromatic rings. The van der Waals surface area contributed by atoms with Crippen LogP contribution in [0, 0.1) is 12.8 Å². The summed E-state index contributed by atoms with van der Waals surface area (Å²) in [7, 11) is 0. The molecule has 0 radical (unpaired) electrons. The number of nitrogens with zero attached hydrogens (tertiary/aromatic N) is 2. The van der Waals surface area contributed by atoms with Gasteiger partial charge in [-0.05, 0) is 76.1 Å². The van der Waals surface area contributed by atoms with Crippen LogP contribution >= 0.6 is 0 Å². The molecule has 3 rings (SSSR count). The summed E-state index contributed by atoms with van der Waals surface area (Å²) in [5, 5.41) is 5.84. The maximum Gasteiger partial charge on any atom is 0.241 e. The summed E-state index contributed by atoms with van der Waals surface area (Å²) in [5.41, 5.74) is 1.77. The molecule has 1 saturated heterocycles. The average molecular weight is 411 g/mol. The smallest absolute Gasteiger partial charge is 0.241 e. The predicted molar refractivity (Wildman–Crippen MR) is 118 cm³/mol. The van der Waals surface area contributed by atoms with Crippen LogP contribution in [0.25, 0.3) is 0 Å². The number of aromatic nitrogens is 1. The molecule has 7 nitrogen and oxygen atoms in total. The molecule has 0 unspecified atom stereocenters. The molecule has 0 spiro atoms. The van der Waals surface area contributed by atoms with Crippen molar-refractivity contribution in [1.82, 2.24) is 9.88 Å². The molecule has 1 fully saturated rings. The van der Waals surface area contributed by atoms with Gasteiger partial charge in [-0.25, -0.2) is 4.98 Å². The molecule has 2 N–H and O–H groups in total. The van der Waals surface area contributed by atoms with Crippen LogP contribution in [0.15, 0.2) is 42.6 Å². The highest BCUT2D eigenvalue weighted by molar-refractivity contribution is 5.95. The van der Waals surface area contributed by atoms with Gasteiger partial charge in [0.25, 0.3) is 0 Å². The Morgan fingerprint density at radius 3 is 2.63 bits per heavy atom. The van der Waals surface area contributed by atoms with E-state index in [2.05, 4.69) is 20.5 Å². The molecule has 0 bridgehead atoms. The number of amides is 2. The highest BCUT2D eigenvalue weighted by Crippen LogP contribution is 2.21. The lowest BCUT2D eigenvalue weighted by atomic mass is 9.96. The molecule has 1 aromatic heterocycles. The fourth-order valence-corrected chi connectivity index (χ4v) is 3.56. The summed E-state index contributed by atoms with van der Waals surface area (Å²) in [5.74, 6) is 1.04. The number of anilines is 2. The number of rotatable bonds is 7. The summed E-state index contributed by atoms with van der Waals surface area (Å²) in [6, 6.07) is 10.7. The van der Waals surface area contributed by atoms with Gasteiger partial charge >= 0.3 is 0 Å². The number of hydrogen-bond donors (Lipinski definition) is 2. The SMILES string of the molecule is CCOc1ccc(NC(=O)[C@@H](C)N2CCC[C@@H](C(=O)Nc3ccc(C)cn3)C2)cc1. The Bertz CT molecular complexity index is 852. The van der Waals surface area contributed by atoms with Crippen molar-refractivity contribution in [2.24, 2.45) is 5.92 Å². The molecule has 0 aliphatic carbocycles. The van der Waals surface area contributed by atoms with Gasteiger partial charge < -0.3 is 15.4 Å². The number of carbonyl (C=O) groups is 2. The Kier molecular flexibility index (Phi) is 7.41. The zero-order chi connectivity index (χ0) is 21.5. The van der Waals surface area contributed by atoms with Crippen molar-refractivity contribution < 1.29 is 14.3 Å². The molecule has 7 heteroatoms. The maximum absolute atomic E-state index is 12.7. The summed E-state index contributed by atoms with van der Waals surface area (Å²) >= 11 is 0. The Balaban J connectivity index is 1.54. The minimum absolute atomic E-state index is 0.0461. The molecular weight excluding hydrogens is 380 g/mol. The van der Waals surface area contributed by atoms with Crippen LogP contribution in [0.1, 0.15) is 32.3 Å². The van der Waals surface area contributed by atoms with Gasteiger partial charge in [0.1, 0.15) is 11.6 Å². The van der Waals surface area contributed by atoms with E-state index in [0.29, 0.717) is 19.0 Å². The maximum atomic E-state index is 12.7. The van der Waals surface area contributed by atoms with Gasteiger partial charge in [0.2, 0.25) is 11.8 Å². The summed E-state index contributed by atoms with van der Waals surface area (Å²) < 4.78 is 5.43. The van der Waals surface area contributed by atoms with Gasteiger partial charge in [-0.3, -0.25) is 14.5 Å². The van der Waals surface area contributed by atoms with Crippen LogP contribution in [-0.4, -0.2) is 47.4 Å². The van der Waals surface area contributed by atoms with E-state index >= 15 is 0 Å². The van der Waals surface area contributed by atoms with Gasteiger partial charge in [-0.2, -0.15) is 0 Å². The first-order valence-electron chi connectivity index (χ1n) is 10.5. The van der Waals surface area contributed by atoms with Crippen LogP contribution in [0.5, 0.6) is 5.75 Å². The van der Waals surface area contributed by atoms with Gasteiger partial charge in [0.15, 0.2) is 0 Å². The third-order valence-corrected chi connectivity index (χ3v) is 5.35. The van der Waals surface area contributed by atoms with E-state index in [1.165, 1.54) is 0 Å². The average Bonchev–Trinajstić information content (AvgIpc) is 2.76. The summed E-state index contributed by atoms with van der Waals surface area (Å²) in [6.45, 7) is 7.72. The predicted octanol–water partition coefficient (Wildman–Crippen LogP) is 3.47. The lowest BCUT2D eigenvalue weighted by molar-refractivity contribution is -0.125. The second kappa shape index (κ2) is 10.2. The third-order valence-electron chi connectivity index (χ3n) is 5.35. The van der Waals surface area contributed by atoms with Gasteiger partial charge in [-0.15, -0.1) is 0 Å². The van der Waals surface area contributed by atoms with Crippen LogP contribution < -0.4 is 15.4 Å². The molecule has 2 atom stereocenters. The zero-order valence-corrected chi connectivity index (χ0v) is 17.9. The standard InChI is InChI=1S/C23H30N4O3/c1-4-30-20-10-8-19(9-11-20)25-22(28)17(3)27-13-5-6-18(15-27)23(29)26-21-12-7-16(2)14-24-21/h7-12,14,17-18H,4-6,13,15H2,1-3H3,(H,25,28)(H,24,26,29)/t17-,18-/m1/s1.